The highest BCUT2D eigenvalue weighted by molar-refractivity contribution is 7.80. The lowest BCUT2D eigenvalue weighted by Crippen LogP contribution is -2.35. The van der Waals surface area contributed by atoms with Crippen LogP contribution in [0.4, 0.5) is 4.79 Å². The fraction of sp³-hybridized carbons (Fsp3) is 0.667. The highest BCUT2D eigenvalue weighted by Gasteiger charge is 2.44. The van der Waals surface area contributed by atoms with Crippen molar-refractivity contribution in [3.63, 3.8) is 0 Å². The number of carbonyl (C=O) groups is 1. The lowest BCUT2D eigenvalue weighted by atomic mass is 10.2. The van der Waals surface area contributed by atoms with Gasteiger partial charge >= 0.3 is 16.4 Å². The molecule has 2 saturated heterocycles. The summed E-state index contributed by atoms with van der Waals surface area (Å²) < 4.78 is 34.4. The summed E-state index contributed by atoms with van der Waals surface area (Å²) in [6, 6.07) is -1.14. The average Bonchev–Trinajstić information content (AvgIpc) is 2.92. The first kappa shape index (κ1) is 12.7. The Labute approximate surface area is 109 Å². The topological polar surface area (TPSA) is 99.6 Å². The van der Waals surface area contributed by atoms with Gasteiger partial charge in [-0.1, -0.05) is 0 Å². The molecule has 0 saturated carbocycles. The first-order chi connectivity index (χ1) is 8.94. The molecule has 3 aliphatic rings. The predicted octanol–water partition coefficient (Wildman–Crippen LogP) is -0.638. The molecule has 106 valence electrons. The lowest BCUT2D eigenvalue weighted by Gasteiger charge is -2.27. The van der Waals surface area contributed by atoms with Crippen LogP contribution in [0, 0.1) is 0 Å². The Morgan fingerprint density at radius 2 is 2.26 bits per heavy atom. The third kappa shape index (κ3) is 2.39. The van der Waals surface area contributed by atoms with Gasteiger partial charge in [-0.05, 0) is 12.5 Å². The van der Waals surface area contributed by atoms with E-state index in [1.165, 1.54) is 4.90 Å². The van der Waals surface area contributed by atoms with Gasteiger partial charge in [0.25, 0.3) is 0 Å². The summed E-state index contributed by atoms with van der Waals surface area (Å²) in [6.45, 7) is 2.02. The Bertz CT molecular complexity index is 526. The van der Waals surface area contributed by atoms with Gasteiger partial charge in [-0.2, -0.15) is 13.5 Å². The highest BCUT2D eigenvalue weighted by atomic mass is 32.3. The van der Waals surface area contributed by atoms with Crippen molar-refractivity contribution in [2.75, 3.05) is 26.2 Å². The van der Waals surface area contributed by atoms with Crippen molar-refractivity contribution >= 4 is 16.4 Å². The van der Waals surface area contributed by atoms with Crippen molar-refractivity contribution in [3.05, 3.63) is 11.8 Å². The second-order valence-corrected chi connectivity index (χ2v) is 5.51. The normalized spacial score (nSPS) is 27.2. The molecule has 0 radical (unpaired) electrons. The van der Waals surface area contributed by atoms with E-state index >= 15 is 0 Å². The van der Waals surface area contributed by atoms with Gasteiger partial charge in [-0.25, -0.2) is 4.79 Å². The molecular weight excluding hydrogens is 278 g/mol. The number of hydrogen-bond donors (Lipinski definition) is 1. The Morgan fingerprint density at radius 1 is 1.47 bits per heavy atom. The van der Waals surface area contributed by atoms with Crippen molar-refractivity contribution in [1.29, 1.82) is 0 Å². The van der Waals surface area contributed by atoms with Gasteiger partial charge in [0.05, 0.1) is 18.8 Å². The van der Waals surface area contributed by atoms with Crippen LogP contribution in [0.15, 0.2) is 11.8 Å². The molecule has 2 fully saturated rings. The summed E-state index contributed by atoms with van der Waals surface area (Å²) >= 11 is 0. The fourth-order valence-corrected chi connectivity index (χ4v) is 2.78. The van der Waals surface area contributed by atoms with E-state index in [0.29, 0.717) is 24.8 Å². The second-order valence-electron chi connectivity index (χ2n) is 4.51. The molecule has 1 N–H and O–H groups in total. The smallest absolute Gasteiger partial charge is 0.314 e. The van der Waals surface area contributed by atoms with Crippen LogP contribution in [-0.4, -0.2) is 66.3 Å². The van der Waals surface area contributed by atoms with Crippen molar-refractivity contribution in [2.24, 2.45) is 0 Å². The number of hydroxylamine groups is 4. The Morgan fingerprint density at radius 3 is 2.89 bits per heavy atom. The minimum atomic E-state index is -4.71. The fourth-order valence-electron chi connectivity index (χ4n) is 2.41. The van der Waals surface area contributed by atoms with Crippen LogP contribution in [0.2, 0.25) is 0 Å². The molecule has 1 atom stereocenters. The summed E-state index contributed by atoms with van der Waals surface area (Å²) in [6.07, 6.45) is 2.62. The largest absolute Gasteiger partial charge is 0.418 e. The molecular formula is C9H13N3O6S. The summed E-state index contributed by atoms with van der Waals surface area (Å²) in [7, 11) is -4.71. The zero-order valence-electron chi connectivity index (χ0n) is 9.93. The molecule has 0 aliphatic carbocycles. The zero-order valence-corrected chi connectivity index (χ0v) is 10.7. The maximum Gasteiger partial charge on any atom is 0.418 e. The van der Waals surface area contributed by atoms with E-state index in [-0.39, 0.29) is 0 Å². The maximum absolute atomic E-state index is 11.9. The Kier molecular flexibility index (Phi) is 2.89. The van der Waals surface area contributed by atoms with Gasteiger partial charge in [-0.15, -0.1) is 4.28 Å². The molecule has 0 spiro atoms. The average molecular weight is 291 g/mol. The molecule has 0 aromatic heterocycles. The Balaban J connectivity index is 1.81. The van der Waals surface area contributed by atoms with E-state index in [0.717, 1.165) is 18.7 Å². The van der Waals surface area contributed by atoms with Crippen molar-refractivity contribution in [3.8, 4) is 0 Å². The lowest BCUT2D eigenvalue weighted by molar-refractivity contribution is -0.0837. The minimum Gasteiger partial charge on any atom is -0.314 e. The van der Waals surface area contributed by atoms with Crippen molar-refractivity contribution in [2.45, 2.75) is 12.5 Å². The number of fused-ring (bicyclic) bond motifs is 2. The van der Waals surface area contributed by atoms with Crippen molar-refractivity contribution < 1.29 is 26.9 Å². The SMILES string of the molecule is O=C1N2CC(N3CCCO3)=CC(C2)N1OS(=O)(=O)O. The molecule has 2 amide bonds. The first-order valence-electron chi connectivity index (χ1n) is 5.80. The summed E-state index contributed by atoms with van der Waals surface area (Å²) in [4.78, 5) is 18.7. The van der Waals surface area contributed by atoms with Gasteiger partial charge < -0.3 is 4.90 Å². The van der Waals surface area contributed by atoms with Crippen LogP contribution in [0.25, 0.3) is 0 Å². The third-order valence-electron chi connectivity index (χ3n) is 3.15. The monoisotopic (exact) mass is 291 g/mol. The van der Waals surface area contributed by atoms with E-state index in [4.69, 9.17) is 9.39 Å². The van der Waals surface area contributed by atoms with Crippen LogP contribution in [0.3, 0.4) is 0 Å². The van der Waals surface area contributed by atoms with Crippen LogP contribution < -0.4 is 0 Å². The van der Waals surface area contributed by atoms with Crippen LogP contribution in [0.1, 0.15) is 6.42 Å². The van der Waals surface area contributed by atoms with Gasteiger partial charge in [-0.3, -0.25) is 14.5 Å². The van der Waals surface area contributed by atoms with Gasteiger partial charge in [0, 0.05) is 13.1 Å². The van der Waals surface area contributed by atoms with E-state index in [9.17, 15) is 13.2 Å². The quantitative estimate of drug-likeness (QED) is 0.690. The van der Waals surface area contributed by atoms with Crippen LogP contribution in [-0.2, 0) is 19.5 Å². The number of hydrogen-bond acceptors (Lipinski definition) is 6. The molecule has 0 aromatic carbocycles. The summed E-state index contributed by atoms with van der Waals surface area (Å²) in [5.41, 5.74) is 0.795. The number of nitrogens with zero attached hydrogens (tertiary/aromatic N) is 3. The van der Waals surface area contributed by atoms with E-state index < -0.39 is 22.5 Å². The predicted molar refractivity (Wildman–Crippen MR) is 60.6 cm³/mol. The van der Waals surface area contributed by atoms with Gasteiger partial charge in [0.15, 0.2) is 0 Å². The van der Waals surface area contributed by atoms with Crippen LogP contribution >= 0.6 is 0 Å². The number of amides is 2. The molecule has 9 nitrogen and oxygen atoms in total. The standard InChI is InChI=1S/C9H13N3O6S/c13-9-10-5-7(11-2-1-3-17-11)4-8(6-10)12(9)18-19(14,15)16/h4,8H,1-3,5-6H2,(H,14,15,16). The van der Waals surface area contributed by atoms with Gasteiger partial charge in [0.2, 0.25) is 0 Å². The second kappa shape index (κ2) is 4.34. The number of carbonyl (C=O) groups excluding carboxylic acids is 1. The molecule has 3 rings (SSSR count). The summed E-state index contributed by atoms with van der Waals surface area (Å²) in [5, 5.41) is 2.36. The molecule has 3 heterocycles. The molecule has 10 heteroatoms. The minimum absolute atomic E-state index is 0.325. The molecule has 1 unspecified atom stereocenters. The van der Waals surface area contributed by atoms with E-state index in [1.807, 2.05) is 0 Å². The van der Waals surface area contributed by atoms with E-state index in [1.54, 1.807) is 11.1 Å². The van der Waals surface area contributed by atoms with Gasteiger partial charge in [0.1, 0.15) is 6.04 Å². The number of urea groups is 1. The molecule has 3 aliphatic heterocycles. The third-order valence-corrected chi connectivity index (χ3v) is 3.50. The summed E-state index contributed by atoms with van der Waals surface area (Å²) in [5.74, 6) is 0. The zero-order chi connectivity index (χ0) is 13.6. The van der Waals surface area contributed by atoms with Crippen molar-refractivity contribution in [1.82, 2.24) is 15.0 Å². The molecule has 2 bridgehead atoms. The number of rotatable bonds is 3. The Hall–Kier alpha value is -1.36. The molecule has 19 heavy (non-hydrogen) atoms. The maximum atomic E-state index is 11.9. The first-order valence-corrected chi connectivity index (χ1v) is 7.17. The van der Waals surface area contributed by atoms with E-state index in [2.05, 4.69) is 4.28 Å². The highest BCUT2D eigenvalue weighted by Crippen LogP contribution is 2.28. The van der Waals surface area contributed by atoms with Crippen LogP contribution in [0.5, 0.6) is 0 Å². The molecule has 0 aromatic rings.